The van der Waals surface area contributed by atoms with Crippen molar-refractivity contribution in [1.82, 2.24) is 4.90 Å². The van der Waals surface area contributed by atoms with E-state index in [-0.39, 0.29) is 12.0 Å². The summed E-state index contributed by atoms with van der Waals surface area (Å²) in [6, 6.07) is 0.640. The first kappa shape index (κ1) is 12.9. The highest BCUT2D eigenvalue weighted by molar-refractivity contribution is 5.80. The molecule has 2 unspecified atom stereocenters. The normalized spacial score (nSPS) is 29.8. The van der Waals surface area contributed by atoms with E-state index in [9.17, 15) is 4.79 Å². The van der Waals surface area contributed by atoms with Gasteiger partial charge < -0.3 is 10.6 Å². The van der Waals surface area contributed by atoms with Crippen molar-refractivity contribution < 1.29 is 4.79 Å². The van der Waals surface area contributed by atoms with E-state index in [4.69, 9.17) is 5.73 Å². The van der Waals surface area contributed by atoms with Crippen molar-refractivity contribution in [2.45, 2.75) is 70.4 Å². The Morgan fingerprint density at radius 2 is 1.88 bits per heavy atom. The predicted octanol–water partition coefficient (Wildman–Crippen LogP) is 2.29. The number of carbonyl (C=O) groups excluding carboxylic acids is 1. The highest BCUT2D eigenvalue weighted by Crippen LogP contribution is 2.31. The van der Waals surface area contributed by atoms with Crippen LogP contribution in [0.25, 0.3) is 0 Å². The van der Waals surface area contributed by atoms with Gasteiger partial charge in [0.2, 0.25) is 5.91 Å². The zero-order valence-corrected chi connectivity index (χ0v) is 11.0. The summed E-state index contributed by atoms with van der Waals surface area (Å²) in [5.74, 6) is 0.452. The quantitative estimate of drug-likeness (QED) is 0.764. The summed E-state index contributed by atoms with van der Waals surface area (Å²) >= 11 is 0. The minimum absolute atomic E-state index is 0.100. The summed E-state index contributed by atoms with van der Waals surface area (Å²) in [4.78, 5) is 14.7. The smallest absolute Gasteiger partial charge is 0.227 e. The molecule has 0 aromatic heterocycles. The molecular weight excluding hydrogens is 212 g/mol. The lowest BCUT2D eigenvalue weighted by molar-refractivity contribution is -0.137. The van der Waals surface area contributed by atoms with Gasteiger partial charge in [0.05, 0.1) is 5.92 Å². The zero-order chi connectivity index (χ0) is 12.3. The summed E-state index contributed by atoms with van der Waals surface area (Å²) in [5.41, 5.74) is 6.19. The molecule has 3 heteroatoms. The summed E-state index contributed by atoms with van der Waals surface area (Å²) in [5, 5.41) is 0. The molecule has 2 atom stereocenters. The van der Waals surface area contributed by atoms with Gasteiger partial charge in [-0.3, -0.25) is 4.79 Å². The molecule has 0 bridgehead atoms. The van der Waals surface area contributed by atoms with Gasteiger partial charge in [0.1, 0.15) is 0 Å². The van der Waals surface area contributed by atoms with Crippen LogP contribution in [0.5, 0.6) is 0 Å². The van der Waals surface area contributed by atoms with Gasteiger partial charge in [0.25, 0.3) is 0 Å². The molecule has 0 saturated heterocycles. The van der Waals surface area contributed by atoms with Crippen LogP contribution in [0.15, 0.2) is 0 Å². The molecule has 98 valence electrons. The van der Waals surface area contributed by atoms with Crippen molar-refractivity contribution in [3.63, 3.8) is 0 Å². The van der Waals surface area contributed by atoms with E-state index < -0.39 is 0 Å². The standard InChI is InChI=1S/C14H26N2O/c1-2-10-16(11-8-9-11)14(17)12-6-4-3-5-7-13(12)15/h11-13H,2-10,15H2,1H3. The molecule has 0 aliphatic heterocycles. The second-order valence-electron chi connectivity index (χ2n) is 5.67. The second-order valence-corrected chi connectivity index (χ2v) is 5.67. The zero-order valence-electron chi connectivity index (χ0n) is 11.0. The van der Waals surface area contributed by atoms with Gasteiger partial charge in [-0.1, -0.05) is 26.2 Å². The second kappa shape index (κ2) is 5.85. The van der Waals surface area contributed by atoms with Gasteiger partial charge in [-0.2, -0.15) is 0 Å². The van der Waals surface area contributed by atoms with E-state index in [0.717, 1.165) is 25.8 Å². The van der Waals surface area contributed by atoms with Crippen molar-refractivity contribution in [3.05, 3.63) is 0 Å². The maximum absolute atomic E-state index is 12.6. The molecule has 0 spiro atoms. The number of carbonyl (C=O) groups is 1. The molecule has 2 saturated carbocycles. The van der Waals surface area contributed by atoms with E-state index in [2.05, 4.69) is 11.8 Å². The molecular formula is C14H26N2O. The molecule has 2 aliphatic rings. The van der Waals surface area contributed by atoms with Crippen LogP contribution >= 0.6 is 0 Å². The summed E-state index contributed by atoms with van der Waals surface area (Å²) in [7, 11) is 0. The fourth-order valence-corrected chi connectivity index (χ4v) is 2.96. The summed E-state index contributed by atoms with van der Waals surface area (Å²) in [6.45, 7) is 3.07. The lowest BCUT2D eigenvalue weighted by Crippen LogP contribution is -2.45. The third-order valence-corrected chi connectivity index (χ3v) is 4.12. The van der Waals surface area contributed by atoms with E-state index in [1.54, 1.807) is 0 Å². The Balaban J connectivity index is 1.99. The largest absolute Gasteiger partial charge is 0.339 e. The van der Waals surface area contributed by atoms with E-state index in [1.807, 2.05) is 0 Å². The number of amides is 1. The van der Waals surface area contributed by atoms with E-state index in [0.29, 0.717) is 11.9 Å². The van der Waals surface area contributed by atoms with Crippen LogP contribution in [0.2, 0.25) is 0 Å². The molecule has 2 rings (SSSR count). The maximum atomic E-state index is 12.6. The molecule has 0 radical (unpaired) electrons. The van der Waals surface area contributed by atoms with Crippen LogP contribution in [0.1, 0.15) is 58.3 Å². The third kappa shape index (κ3) is 3.21. The summed E-state index contributed by atoms with van der Waals surface area (Å²) < 4.78 is 0. The van der Waals surface area contributed by atoms with Crippen LogP contribution in [-0.2, 0) is 4.79 Å². The molecule has 2 aliphatic carbocycles. The topological polar surface area (TPSA) is 46.3 Å². The first-order valence-corrected chi connectivity index (χ1v) is 7.30. The van der Waals surface area contributed by atoms with Crippen molar-refractivity contribution in [3.8, 4) is 0 Å². The van der Waals surface area contributed by atoms with Gasteiger partial charge in [-0.25, -0.2) is 0 Å². The van der Waals surface area contributed by atoms with Gasteiger partial charge >= 0.3 is 0 Å². The highest BCUT2D eigenvalue weighted by atomic mass is 16.2. The molecule has 17 heavy (non-hydrogen) atoms. The Bertz CT molecular complexity index is 263. The van der Waals surface area contributed by atoms with Crippen molar-refractivity contribution in [2.24, 2.45) is 11.7 Å². The minimum Gasteiger partial charge on any atom is -0.339 e. The fraction of sp³-hybridized carbons (Fsp3) is 0.929. The van der Waals surface area contributed by atoms with Crippen LogP contribution in [0.3, 0.4) is 0 Å². The molecule has 1 amide bonds. The Morgan fingerprint density at radius 3 is 2.53 bits per heavy atom. The van der Waals surface area contributed by atoms with Gasteiger partial charge in [0.15, 0.2) is 0 Å². The first-order chi connectivity index (χ1) is 8.24. The van der Waals surface area contributed by atoms with Crippen LogP contribution in [0, 0.1) is 5.92 Å². The van der Waals surface area contributed by atoms with Crippen molar-refractivity contribution >= 4 is 5.91 Å². The number of rotatable bonds is 4. The molecule has 2 fully saturated rings. The SMILES string of the molecule is CCCN(C(=O)C1CCCCCC1N)C1CC1. The van der Waals surface area contributed by atoms with Crippen LogP contribution in [-0.4, -0.2) is 29.4 Å². The van der Waals surface area contributed by atoms with Gasteiger partial charge in [-0.05, 0) is 32.1 Å². The van der Waals surface area contributed by atoms with Gasteiger partial charge in [-0.15, -0.1) is 0 Å². The monoisotopic (exact) mass is 238 g/mol. The van der Waals surface area contributed by atoms with Crippen LogP contribution < -0.4 is 5.73 Å². The molecule has 0 heterocycles. The summed E-state index contributed by atoms with van der Waals surface area (Å²) in [6.07, 6.45) is 9.12. The lowest BCUT2D eigenvalue weighted by atomic mass is 9.94. The maximum Gasteiger partial charge on any atom is 0.227 e. The molecule has 3 nitrogen and oxygen atoms in total. The average molecular weight is 238 g/mol. The Labute approximate surface area is 105 Å². The molecule has 0 aromatic carbocycles. The van der Waals surface area contributed by atoms with Crippen molar-refractivity contribution in [2.75, 3.05) is 6.54 Å². The number of hydrogen-bond donors (Lipinski definition) is 1. The van der Waals surface area contributed by atoms with Crippen LogP contribution in [0.4, 0.5) is 0 Å². The minimum atomic E-state index is 0.100. The average Bonchev–Trinajstić information content (AvgIpc) is 3.12. The lowest BCUT2D eigenvalue weighted by Gasteiger charge is -2.29. The first-order valence-electron chi connectivity index (χ1n) is 7.30. The molecule has 0 aromatic rings. The van der Waals surface area contributed by atoms with E-state index in [1.165, 1.54) is 32.1 Å². The predicted molar refractivity (Wildman–Crippen MR) is 69.6 cm³/mol. The Morgan fingerprint density at radius 1 is 1.18 bits per heavy atom. The number of hydrogen-bond acceptors (Lipinski definition) is 2. The third-order valence-electron chi connectivity index (χ3n) is 4.12. The fourth-order valence-electron chi connectivity index (χ4n) is 2.96. The Hall–Kier alpha value is -0.570. The molecule has 2 N–H and O–H groups in total. The number of nitrogens with two attached hydrogens (primary N) is 1. The van der Waals surface area contributed by atoms with Gasteiger partial charge in [0, 0.05) is 18.6 Å². The van der Waals surface area contributed by atoms with Crippen molar-refractivity contribution in [1.29, 1.82) is 0 Å². The Kier molecular flexibility index (Phi) is 4.43. The van der Waals surface area contributed by atoms with E-state index >= 15 is 0 Å². The number of nitrogens with zero attached hydrogens (tertiary/aromatic N) is 1. The highest BCUT2D eigenvalue weighted by Gasteiger charge is 2.37.